The number of aromatic nitrogens is 2. The highest BCUT2D eigenvalue weighted by molar-refractivity contribution is 7.98. The van der Waals surface area contributed by atoms with Crippen LogP contribution in [0.1, 0.15) is 54.2 Å². The number of carbonyl (C=O) groups excluding carboxylic acids is 2. The van der Waals surface area contributed by atoms with E-state index < -0.39 is 0 Å². The normalized spacial score (nSPS) is 16.8. The molecule has 176 valence electrons. The van der Waals surface area contributed by atoms with Crippen LogP contribution in [0.3, 0.4) is 0 Å². The molecular weight excluding hydrogens is 436 g/mol. The molecule has 2 aromatic rings. The second-order valence-electron chi connectivity index (χ2n) is 8.65. The van der Waals surface area contributed by atoms with Crippen LogP contribution in [-0.2, 0) is 15.3 Å². The third-order valence-electron chi connectivity index (χ3n) is 6.22. The molecule has 0 unspecified atom stereocenters. The molecule has 0 radical (unpaired) electrons. The molecule has 0 atom stereocenters. The van der Waals surface area contributed by atoms with Crippen LogP contribution in [0.4, 0.5) is 5.82 Å². The lowest BCUT2D eigenvalue weighted by Gasteiger charge is -2.31. The van der Waals surface area contributed by atoms with Crippen molar-refractivity contribution < 1.29 is 14.3 Å². The van der Waals surface area contributed by atoms with Crippen molar-refractivity contribution in [2.75, 3.05) is 37.7 Å². The van der Waals surface area contributed by atoms with E-state index >= 15 is 0 Å². The predicted octanol–water partition coefficient (Wildman–Crippen LogP) is 4.09. The summed E-state index contributed by atoms with van der Waals surface area (Å²) in [6.07, 6.45) is 3.77. The van der Waals surface area contributed by atoms with Gasteiger partial charge >= 0.3 is 5.97 Å². The first-order valence-corrected chi connectivity index (χ1v) is 12.8. The molecule has 0 aliphatic carbocycles. The van der Waals surface area contributed by atoms with Gasteiger partial charge in [-0.15, -0.1) is 0 Å². The number of rotatable bonds is 7. The summed E-state index contributed by atoms with van der Waals surface area (Å²) in [5, 5.41) is 0.793. The topological polar surface area (TPSA) is 75.6 Å². The van der Waals surface area contributed by atoms with Crippen molar-refractivity contribution in [3.05, 3.63) is 47.2 Å². The monoisotopic (exact) mass is 468 g/mol. The van der Waals surface area contributed by atoms with Gasteiger partial charge in [-0.25, -0.2) is 9.97 Å². The van der Waals surface area contributed by atoms with Crippen molar-refractivity contribution in [1.82, 2.24) is 14.9 Å². The van der Waals surface area contributed by atoms with Gasteiger partial charge in [0.1, 0.15) is 5.82 Å². The van der Waals surface area contributed by atoms with E-state index in [1.807, 2.05) is 43.0 Å². The van der Waals surface area contributed by atoms with Gasteiger partial charge in [0.05, 0.1) is 12.5 Å². The Morgan fingerprint density at radius 1 is 1.06 bits per heavy atom. The number of hydrogen-bond acceptors (Lipinski definition) is 7. The summed E-state index contributed by atoms with van der Waals surface area (Å²) in [5.74, 6) is 1.56. The van der Waals surface area contributed by atoms with Gasteiger partial charge in [-0.05, 0) is 57.2 Å². The number of ether oxygens (including phenoxy) is 1. The molecular formula is C25H32N4O3S. The molecule has 2 aliphatic rings. The van der Waals surface area contributed by atoms with Crippen LogP contribution >= 0.6 is 11.8 Å². The largest absolute Gasteiger partial charge is 0.466 e. The zero-order chi connectivity index (χ0) is 23.2. The number of benzene rings is 1. The Kier molecular flexibility index (Phi) is 7.85. The third kappa shape index (κ3) is 6.05. The number of thioether (sulfide) groups is 1. The highest BCUT2D eigenvalue weighted by atomic mass is 32.2. The summed E-state index contributed by atoms with van der Waals surface area (Å²) in [6, 6.07) is 9.85. The van der Waals surface area contributed by atoms with E-state index in [2.05, 4.69) is 16.0 Å². The minimum atomic E-state index is -0.142. The van der Waals surface area contributed by atoms with Gasteiger partial charge in [0, 0.05) is 49.3 Å². The highest BCUT2D eigenvalue weighted by Crippen LogP contribution is 2.25. The molecule has 0 saturated carbocycles. The lowest BCUT2D eigenvalue weighted by Crippen LogP contribution is -2.40. The predicted molar refractivity (Wildman–Crippen MR) is 129 cm³/mol. The molecule has 7 nitrogen and oxygen atoms in total. The number of hydrogen-bond donors (Lipinski definition) is 0. The van der Waals surface area contributed by atoms with Crippen molar-refractivity contribution in [2.45, 2.75) is 50.4 Å². The molecule has 4 rings (SSSR count). The summed E-state index contributed by atoms with van der Waals surface area (Å²) in [6.45, 7) is 7.54. The number of carbonyl (C=O) groups is 2. The number of nitrogens with zero attached hydrogens (tertiary/aromatic N) is 4. The van der Waals surface area contributed by atoms with Crippen LogP contribution in [0, 0.1) is 12.8 Å². The van der Waals surface area contributed by atoms with Crippen LogP contribution in [0.25, 0.3) is 0 Å². The maximum absolute atomic E-state index is 12.9. The summed E-state index contributed by atoms with van der Waals surface area (Å²) < 4.78 is 5.11. The molecule has 0 bridgehead atoms. The van der Waals surface area contributed by atoms with Gasteiger partial charge in [0.2, 0.25) is 0 Å². The van der Waals surface area contributed by atoms with Crippen molar-refractivity contribution in [1.29, 1.82) is 0 Å². The fourth-order valence-corrected chi connectivity index (χ4v) is 5.21. The molecule has 33 heavy (non-hydrogen) atoms. The smallest absolute Gasteiger partial charge is 0.309 e. The Morgan fingerprint density at radius 2 is 1.76 bits per heavy atom. The van der Waals surface area contributed by atoms with Crippen molar-refractivity contribution >= 4 is 29.5 Å². The first-order valence-electron chi connectivity index (χ1n) is 11.8. The van der Waals surface area contributed by atoms with E-state index in [0.29, 0.717) is 38.1 Å². The third-order valence-corrected chi connectivity index (χ3v) is 7.14. The van der Waals surface area contributed by atoms with E-state index in [-0.39, 0.29) is 17.8 Å². The Bertz CT molecular complexity index is 968. The van der Waals surface area contributed by atoms with Gasteiger partial charge in [-0.3, -0.25) is 9.59 Å². The number of esters is 1. The number of piperidine rings is 1. The first-order chi connectivity index (χ1) is 16.0. The zero-order valence-corrected chi connectivity index (χ0v) is 20.3. The molecule has 8 heteroatoms. The average Bonchev–Trinajstić information content (AvgIpc) is 3.38. The Labute approximate surface area is 199 Å². The highest BCUT2D eigenvalue weighted by Gasteiger charge is 2.28. The van der Waals surface area contributed by atoms with Gasteiger partial charge < -0.3 is 14.5 Å². The van der Waals surface area contributed by atoms with Crippen LogP contribution in [-0.4, -0.2) is 59.5 Å². The molecule has 1 amide bonds. The van der Waals surface area contributed by atoms with E-state index in [1.165, 1.54) is 12.8 Å². The van der Waals surface area contributed by atoms with E-state index in [1.54, 1.807) is 11.8 Å². The van der Waals surface area contributed by atoms with Gasteiger partial charge in [0.15, 0.2) is 5.16 Å². The number of aryl methyl sites for hydroxylation is 1. The van der Waals surface area contributed by atoms with Crippen molar-refractivity contribution in [3.63, 3.8) is 0 Å². The quantitative estimate of drug-likeness (QED) is 0.344. The fraction of sp³-hybridized carbons (Fsp3) is 0.520. The molecule has 2 saturated heterocycles. The average molecular weight is 469 g/mol. The van der Waals surface area contributed by atoms with Gasteiger partial charge in [-0.2, -0.15) is 0 Å². The molecule has 3 heterocycles. The minimum Gasteiger partial charge on any atom is -0.466 e. The van der Waals surface area contributed by atoms with Crippen molar-refractivity contribution in [2.24, 2.45) is 5.92 Å². The molecule has 2 aliphatic heterocycles. The van der Waals surface area contributed by atoms with Crippen LogP contribution in [0.5, 0.6) is 0 Å². The summed E-state index contributed by atoms with van der Waals surface area (Å²) >= 11 is 1.62. The fourth-order valence-electron chi connectivity index (χ4n) is 4.35. The molecule has 1 aromatic heterocycles. The maximum atomic E-state index is 12.9. The summed E-state index contributed by atoms with van der Waals surface area (Å²) in [7, 11) is 0. The van der Waals surface area contributed by atoms with E-state index in [4.69, 9.17) is 9.72 Å². The number of anilines is 1. The standard InChI is InChI=1S/C25H32N4O3S/c1-3-32-24(31)21-10-14-29(15-11-21)23(30)20-8-6-19(7-9-20)17-33-25-26-18(2)16-22(27-25)28-12-4-5-13-28/h6-9,16,21H,3-5,10-15,17H2,1-2H3. The van der Waals surface area contributed by atoms with Gasteiger partial charge in [-0.1, -0.05) is 23.9 Å². The zero-order valence-electron chi connectivity index (χ0n) is 19.5. The molecule has 2 fully saturated rings. The Balaban J connectivity index is 1.31. The Hall–Kier alpha value is -2.61. The molecule has 0 spiro atoms. The summed E-state index contributed by atoms with van der Waals surface area (Å²) in [4.78, 5) is 38.3. The van der Waals surface area contributed by atoms with Crippen molar-refractivity contribution in [3.8, 4) is 0 Å². The molecule has 0 N–H and O–H groups in total. The second-order valence-corrected chi connectivity index (χ2v) is 9.59. The first kappa shape index (κ1) is 23.5. The number of likely N-dealkylation sites (tertiary alicyclic amines) is 1. The van der Waals surface area contributed by atoms with Crippen LogP contribution in [0.15, 0.2) is 35.5 Å². The summed E-state index contributed by atoms with van der Waals surface area (Å²) in [5.41, 5.74) is 2.80. The van der Waals surface area contributed by atoms with E-state index in [9.17, 15) is 9.59 Å². The lowest BCUT2D eigenvalue weighted by molar-refractivity contribution is -0.149. The van der Waals surface area contributed by atoms with Crippen LogP contribution in [0.2, 0.25) is 0 Å². The van der Waals surface area contributed by atoms with Crippen LogP contribution < -0.4 is 4.90 Å². The molecule has 1 aromatic carbocycles. The SMILES string of the molecule is CCOC(=O)C1CCN(C(=O)c2ccc(CSc3nc(C)cc(N4CCCC4)n3)cc2)CC1. The van der Waals surface area contributed by atoms with Gasteiger partial charge in [0.25, 0.3) is 5.91 Å². The second kappa shape index (κ2) is 11.0. The lowest BCUT2D eigenvalue weighted by atomic mass is 9.96. The van der Waals surface area contributed by atoms with E-state index in [0.717, 1.165) is 41.1 Å². The maximum Gasteiger partial charge on any atom is 0.309 e. The number of amides is 1. The Morgan fingerprint density at radius 3 is 2.42 bits per heavy atom. The minimum absolute atomic E-state index is 0.0220.